The molecule has 0 aliphatic carbocycles. The van der Waals surface area contributed by atoms with Crippen LogP contribution in [0.25, 0.3) is 225 Å². The Hall–Kier alpha value is -17.7. The first kappa shape index (κ1) is 73.9. The third-order valence-electron chi connectivity index (χ3n) is 23.1. The lowest BCUT2D eigenvalue weighted by Crippen LogP contribution is -1.85. The van der Waals surface area contributed by atoms with E-state index in [-0.39, 0.29) is 0 Å². The van der Waals surface area contributed by atoms with Crippen molar-refractivity contribution in [2.45, 2.75) is 0 Å². The Labute approximate surface area is 710 Å². The van der Waals surface area contributed by atoms with Crippen molar-refractivity contribution in [3.05, 3.63) is 417 Å². The second-order valence-electron chi connectivity index (χ2n) is 30.4. The molecule has 24 rings (SSSR count). The SMILES string of the molecule is N#Cc1cc(-c2ccc(-c3ccc4c(c3)oc3ccc5ccccc5c34)cc2)ccn1.N#Cc1ccnc(-c2ccc(-c3ccc4c(c3)oc3ccc5ccccc5c34)cc2)c1.N#Cc1cncc(-c2ccc(-c3ccc4c(c3)oc3ccc5ccccc5c34)cc2)c1.[C-]#[N+]c1ccnc(-c2cccc(-c3ccc4c(c3)oc3ccc5ccccc5c34)c2)c1. The number of fused-ring (bicyclic) bond motifs is 20. The average molecular weight is 1590 g/mol. The van der Waals surface area contributed by atoms with Gasteiger partial charge in [-0.2, -0.15) is 15.8 Å². The highest BCUT2D eigenvalue weighted by molar-refractivity contribution is 6.23. The van der Waals surface area contributed by atoms with E-state index in [9.17, 15) is 0 Å². The van der Waals surface area contributed by atoms with Crippen molar-refractivity contribution in [2.75, 3.05) is 0 Å². The average Bonchev–Trinajstić information content (AvgIpc) is 1.61. The van der Waals surface area contributed by atoms with Gasteiger partial charge in [0.2, 0.25) is 0 Å². The van der Waals surface area contributed by atoms with Gasteiger partial charge in [0.25, 0.3) is 0 Å². The van der Waals surface area contributed by atoms with Gasteiger partial charge in [-0.25, -0.2) is 9.83 Å². The topological polar surface area (TPSA) is 180 Å². The van der Waals surface area contributed by atoms with Gasteiger partial charge < -0.3 is 17.7 Å². The summed E-state index contributed by atoms with van der Waals surface area (Å²) in [7, 11) is 0. The number of nitrogens with zero attached hydrogens (tertiary/aromatic N) is 8. The molecule has 576 valence electrons. The van der Waals surface area contributed by atoms with Crippen LogP contribution in [0.3, 0.4) is 0 Å². The monoisotopic (exact) mass is 1580 g/mol. The highest BCUT2D eigenvalue weighted by Crippen LogP contribution is 2.43. The van der Waals surface area contributed by atoms with E-state index < -0.39 is 0 Å². The maximum Gasteiger partial charge on any atom is 0.190 e. The second kappa shape index (κ2) is 31.6. The first-order valence-corrected chi connectivity index (χ1v) is 40.4. The standard InChI is InChI=1S/4C28H16N2O/c1-29-22-13-14-30-25(17-22)21-7-4-6-19(15-21)20-9-11-24-27(16-20)31-26-12-10-18-5-2-3-8-23(18)28(24)26;29-15-18-13-23(17-30-16-18)20-7-5-19(6-8-20)22-9-11-25-27(14-22)31-26-12-10-21-3-1-2-4-24(21)28(25)26;29-17-18-13-14-30-25(15-18)21-7-5-19(6-8-21)22-9-11-24-27(16-22)31-26-12-10-20-3-1-2-4-23(20)28(24)26;29-17-23-15-22(13-14-30-23)19-7-5-18(6-8-19)21-9-11-25-27(16-21)31-26-12-10-20-3-1-2-4-24(20)28(25)26/h2-17H;1-14,16-17H;2*1-16H. The van der Waals surface area contributed by atoms with Gasteiger partial charge in [0.1, 0.15) is 62.5 Å². The summed E-state index contributed by atoms with van der Waals surface area (Å²) in [5.41, 5.74) is 25.7. The van der Waals surface area contributed by atoms with E-state index in [2.05, 4.69) is 328 Å². The number of rotatable bonds is 8. The van der Waals surface area contributed by atoms with Crippen LogP contribution in [-0.2, 0) is 0 Å². The van der Waals surface area contributed by atoms with Crippen LogP contribution in [0.2, 0.25) is 0 Å². The zero-order valence-corrected chi connectivity index (χ0v) is 66.2. The third-order valence-corrected chi connectivity index (χ3v) is 23.1. The van der Waals surface area contributed by atoms with Crippen LogP contribution in [0, 0.1) is 40.6 Å². The van der Waals surface area contributed by atoms with Crippen LogP contribution in [0.15, 0.2) is 407 Å². The van der Waals surface area contributed by atoms with Gasteiger partial charge >= 0.3 is 0 Å². The zero-order chi connectivity index (χ0) is 83.1. The highest BCUT2D eigenvalue weighted by atomic mass is 16.3. The molecule has 0 saturated heterocycles. The van der Waals surface area contributed by atoms with Crippen molar-refractivity contribution in [1.29, 1.82) is 15.8 Å². The van der Waals surface area contributed by atoms with Crippen LogP contribution in [-0.4, -0.2) is 19.9 Å². The summed E-state index contributed by atoms with van der Waals surface area (Å²) >= 11 is 0. The minimum absolute atomic E-state index is 0.421. The van der Waals surface area contributed by atoms with E-state index in [1.54, 1.807) is 55.2 Å². The predicted octanol–water partition coefficient (Wildman–Crippen LogP) is 30.0. The molecule has 0 aliphatic rings. The van der Waals surface area contributed by atoms with Crippen molar-refractivity contribution in [1.82, 2.24) is 19.9 Å². The Balaban J connectivity index is 0.000000101. The summed E-state index contributed by atoms with van der Waals surface area (Å²) in [6, 6.07) is 128. The Morgan fingerprint density at radius 1 is 0.234 bits per heavy atom. The molecular weight excluding hydrogens is 1520 g/mol. The van der Waals surface area contributed by atoms with Crippen LogP contribution in [0.1, 0.15) is 16.8 Å². The summed E-state index contributed by atoms with van der Waals surface area (Å²) in [4.78, 5) is 20.5. The molecule has 0 fully saturated rings. The molecular formula is C112H64N8O4. The van der Waals surface area contributed by atoms with Gasteiger partial charge in [-0.3, -0.25) is 15.0 Å². The molecule has 12 heteroatoms. The molecule has 0 aliphatic heterocycles. The third kappa shape index (κ3) is 14.0. The molecule has 0 spiro atoms. The van der Waals surface area contributed by atoms with E-state index >= 15 is 0 Å². The Bertz CT molecular complexity index is 7970. The fourth-order valence-corrected chi connectivity index (χ4v) is 16.9. The summed E-state index contributed by atoms with van der Waals surface area (Å²) in [6.45, 7) is 7.24. The van der Waals surface area contributed by atoms with Crippen molar-refractivity contribution in [3.63, 3.8) is 0 Å². The molecule has 16 aromatic carbocycles. The predicted molar refractivity (Wildman–Crippen MR) is 500 cm³/mol. The molecule has 0 N–H and O–H groups in total. The molecule has 0 radical (unpaired) electrons. The molecule has 0 amide bonds. The largest absolute Gasteiger partial charge is 0.456 e. The first-order chi connectivity index (χ1) is 61.2. The summed E-state index contributed by atoms with van der Waals surface area (Å²) in [6.07, 6.45) is 8.37. The van der Waals surface area contributed by atoms with Crippen molar-refractivity contribution in [3.8, 4) is 107 Å². The summed E-state index contributed by atoms with van der Waals surface area (Å²) in [5.74, 6) is 0. The normalized spacial score (nSPS) is 11.2. The highest BCUT2D eigenvalue weighted by Gasteiger charge is 2.19. The quantitative estimate of drug-likeness (QED) is 0.132. The molecule has 0 atom stereocenters. The Morgan fingerprint density at radius 3 is 1.01 bits per heavy atom. The lowest BCUT2D eigenvalue weighted by molar-refractivity contribution is 0.669. The van der Waals surface area contributed by atoms with E-state index in [0.717, 1.165) is 161 Å². The molecule has 0 saturated carbocycles. The van der Waals surface area contributed by atoms with Gasteiger partial charge in [-0.15, -0.1) is 0 Å². The molecule has 0 unspecified atom stereocenters. The Morgan fingerprint density at radius 2 is 0.589 bits per heavy atom. The van der Waals surface area contributed by atoms with Gasteiger partial charge in [0, 0.05) is 85.2 Å². The number of hydrogen-bond donors (Lipinski definition) is 0. The van der Waals surface area contributed by atoms with Gasteiger partial charge in [-0.1, -0.05) is 237 Å². The van der Waals surface area contributed by atoms with Gasteiger partial charge in [0.05, 0.1) is 35.2 Å². The maximum absolute atomic E-state index is 9.11. The number of benzene rings is 16. The first-order valence-electron chi connectivity index (χ1n) is 40.4. The van der Waals surface area contributed by atoms with Crippen LogP contribution >= 0.6 is 0 Å². The number of hydrogen-bond acceptors (Lipinski definition) is 11. The van der Waals surface area contributed by atoms with Crippen molar-refractivity contribution >= 4 is 137 Å². The zero-order valence-electron chi connectivity index (χ0n) is 66.2. The van der Waals surface area contributed by atoms with Gasteiger partial charge in [-0.05, 0) is 231 Å². The number of furan rings is 4. The minimum atomic E-state index is 0.421. The molecule has 0 bridgehead atoms. The summed E-state index contributed by atoms with van der Waals surface area (Å²) < 4.78 is 24.8. The fourth-order valence-electron chi connectivity index (χ4n) is 16.9. The van der Waals surface area contributed by atoms with E-state index in [1.165, 1.54) is 59.2 Å². The summed E-state index contributed by atoms with van der Waals surface area (Å²) in [5, 5.41) is 46.2. The Kier molecular flexibility index (Phi) is 18.9. The smallest absolute Gasteiger partial charge is 0.190 e. The minimum Gasteiger partial charge on any atom is -0.456 e. The second-order valence-corrected chi connectivity index (χ2v) is 30.4. The molecule has 124 heavy (non-hydrogen) atoms. The van der Waals surface area contributed by atoms with Crippen molar-refractivity contribution in [2.24, 2.45) is 0 Å². The fraction of sp³-hybridized carbons (Fsp3) is 0. The van der Waals surface area contributed by atoms with Crippen LogP contribution < -0.4 is 0 Å². The number of aromatic nitrogens is 4. The van der Waals surface area contributed by atoms with E-state index in [4.69, 9.17) is 40.0 Å². The molecule has 24 aromatic rings. The van der Waals surface area contributed by atoms with Crippen molar-refractivity contribution < 1.29 is 17.7 Å². The van der Waals surface area contributed by atoms with Gasteiger partial charge in [0.15, 0.2) is 5.69 Å². The number of pyridine rings is 4. The molecule has 12 nitrogen and oxygen atoms in total. The molecule has 8 heterocycles. The van der Waals surface area contributed by atoms with E-state index in [1.807, 2.05) is 48.5 Å². The van der Waals surface area contributed by atoms with Crippen LogP contribution in [0.5, 0.6) is 0 Å². The van der Waals surface area contributed by atoms with E-state index in [0.29, 0.717) is 22.5 Å². The lowest BCUT2D eigenvalue weighted by Gasteiger charge is -2.06. The lowest BCUT2D eigenvalue weighted by atomic mass is 9.99. The number of nitriles is 3. The maximum atomic E-state index is 9.11. The van der Waals surface area contributed by atoms with Crippen LogP contribution in [0.4, 0.5) is 5.69 Å². The molecule has 8 aromatic heterocycles.